The summed E-state index contributed by atoms with van der Waals surface area (Å²) in [6, 6.07) is 0. The van der Waals surface area contributed by atoms with Crippen LogP contribution >= 0.6 is 0 Å². The lowest BCUT2D eigenvalue weighted by molar-refractivity contribution is 0.423. The molecule has 1 saturated heterocycles. The van der Waals surface area contributed by atoms with E-state index in [9.17, 15) is 0 Å². The first-order chi connectivity index (χ1) is 7.83. The van der Waals surface area contributed by atoms with Gasteiger partial charge in [0.15, 0.2) is 0 Å². The maximum atomic E-state index is 3.44. The zero-order valence-corrected chi connectivity index (χ0v) is 10.6. The van der Waals surface area contributed by atoms with Crippen molar-refractivity contribution in [2.45, 2.75) is 39.5 Å². The second-order valence-electron chi connectivity index (χ2n) is 4.85. The van der Waals surface area contributed by atoms with Crippen molar-refractivity contribution in [3.05, 3.63) is 34.9 Å². The van der Waals surface area contributed by atoms with Crippen molar-refractivity contribution < 1.29 is 0 Å². The molecule has 16 heavy (non-hydrogen) atoms. The Morgan fingerprint density at radius 1 is 1.38 bits per heavy atom. The molecule has 0 radical (unpaired) electrons. The van der Waals surface area contributed by atoms with Gasteiger partial charge in [-0.1, -0.05) is 25.2 Å². The molecule has 0 saturated carbocycles. The largest absolute Gasteiger partial charge is 0.317 e. The molecule has 0 aromatic rings. The summed E-state index contributed by atoms with van der Waals surface area (Å²) in [7, 11) is 0. The molecule has 0 atom stereocenters. The van der Waals surface area contributed by atoms with Gasteiger partial charge in [-0.05, 0) is 68.3 Å². The summed E-state index contributed by atoms with van der Waals surface area (Å²) >= 11 is 0. The predicted octanol–water partition coefficient (Wildman–Crippen LogP) is 3.60. The Morgan fingerprint density at radius 2 is 2.12 bits per heavy atom. The monoisotopic (exact) mass is 217 g/mol. The van der Waals surface area contributed by atoms with Gasteiger partial charge in [0.05, 0.1) is 0 Å². The van der Waals surface area contributed by atoms with Crippen LogP contribution in [-0.2, 0) is 0 Å². The third kappa shape index (κ3) is 2.46. The molecule has 0 unspecified atom stereocenters. The maximum Gasteiger partial charge on any atom is -0.00431 e. The fourth-order valence-electron chi connectivity index (χ4n) is 2.83. The zero-order chi connectivity index (χ0) is 11.4. The van der Waals surface area contributed by atoms with E-state index in [2.05, 4.69) is 37.4 Å². The summed E-state index contributed by atoms with van der Waals surface area (Å²) in [6.07, 6.45) is 12.0. The highest BCUT2D eigenvalue weighted by molar-refractivity contribution is 5.45. The van der Waals surface area contributed by atoms with E-state index in [-0.39, 0.29) is 0 Å². The van der Waals surface area contributed by atoms with Crippen LogP contribution in [0.2, 0.25) is 0 Å². The highest BCUT2D eigenvalue weighted by Crippen LogP contribution is 2.32. The van der Waals surface area contributed by atoms with Crippen LogP contribution in [-0.4, -0.2) is 13.1 Å². The van der Waals surface area contributed by atoms with E-state index in [4.69, 9.17) is 0 Å². The molecule has 2 rings (SSSR count). The molecule has 1 heteroatoms. The number of allylic oxidation sites excluding steroid dienone is 6. The third-order valence-electron chi connectivity index (χ3n) is 3.78. The Bertz CT molecular complexity index is 327. The molecule has 1 fully saturated rings. The van der Waals surface area contributed by atoms with Gasteiger partial charge in [0.2, 0.25) is 0 Å². The molecular formula is C15H23N. The van der Waals surface area contributed by atoms with Crippen LogP contribution < -0.4 is 5.32 Å². The van der Waals surface area contributed by atoms with Crippen molar-refractivity contribution in [3.63, 3.8) is 0 Å². The molecule has 88 valence electrons. The Kier molecular flexibility index (Phi) is 4.00. The SMILES string of the molecule is CC/C=C1/CC=CC(C2CCNCC2)=C1C. The molecule has 0 bridgehead atoms. The lowest BCUT2D eigenvalue weighted by Gasteiger charge is -2.28. The molecule has 0 amide bonds. The number of rotatable bonds is 2. The first kappa shape index (κ1) is 11.7. The quantitative estimate of drug-likeness (QED) is 0.745. The van der Waals surface area contributed by atoms with E-state index in [0.29, 0.717) is 0 Å². The average molecular weight is 217 g/mol. The van der Waals surface area contributed by atoms with Crippen LogP contribution in [0.15, 0.2) is 34.9 Å². The topological polar surface area (TPSA) is 12.0 Å². The summed E-state index contributed by atoms with van der Waals surface area (Å²) in [5, 5.41) is 3.44. The van der Waals surface area contributed by atoms with Crippen molar-refractivity contribution in [2.24, 2.45) is 5.92 Å². The van der Waals surface area contributed by atoms with Gasteiger partial charge in [-0.3, -0.25) is 0 Å². The van der Waals surface area contributed by atoms with Crippen LogP contribution in [0.5, 0.6) is 0 Å². The molecule has 0 aromatic heterocycles. The molecule has 1 nitrogen and oxygen atoms in total. The summed E-state index contributed by atoms with van der Waals surface area (Å²) < 4.78 is 0. The van der Waals surface area contributed by atoms with Crippen molar-refractivity contribution in [1.29, 1.82) is 0 Å². The van der Waals surface area contributed by atoms with Crippen molar-refractivity contribution in [3.8, 4) is 0 Å². The standard InChI is InChI=1S/C15H23N/c1-3-5-13-6-4-7-15(12(13)2)14-8-10-16-11-9-14/h4-5,7,14,16H,3,6,8-11H2,1-2H3/b13-5-. The van der Waals surface area contributed by atoms with Gasteiger partial charge < -0.3 is 5.32 Å². The van der Waals surface area contributed by atoms with E-state index in [1.54, 1.807) is 16.7 Å². The molecule has 2 aliphatic rings. The highest BCUT2D eigenvalue weighted by atomic mass is 14.9. The van der Waals surface area contributed by atoms with Gasteiger partial charge in [-0.2, -0.15) is 0 Å². The minimum Gasteiger partial charge on any atom is -0.317 e. The molecule has 1 N–H and O–H groups in total. The van der Waals surface area contributed by atoms with Crippen LogP contribution in [0.1, 0.15) is 39.5 Å². The molecular weight excluding hydrogens is 194 g/mol. The van der Waals surface area contributed by atoms with Crippen molar-refractivity contribution >= 4 is 0 Å². The van der Waals surface area contributed by atoms with Crippen molar-refractivity contribution in [2.75, 3.05) is 13.1 Å². The van der Waals surface area contributed by atoms with Gasteiger partial charge in [-0.25, -0.2) is 0 Å². The predicted molar refractivity (Wildman–Crippen MR) is 70.4 cm³/mol. The lowest BCUT2D eigenvalue weighted by Crippen LogP contribution is -2.29. The number of hydrogen-bond donors (Lipinski definition) is 1. The molecule has 1 aliphatic heterocycles. The highest BCUT2D eigenvalue weighted by Gasteiger charge is 2.20. The Labute approximate surface area is 99.3 Å². The second kappa shape index (κ2) is 5.49. The van der Waals surface area contributed by atoms with Crippen LogP contribution in [0.3, 0.4) is 0 Å². The Hall–Kier alpha value is -0.820. The van der Waals surface area contributed by atoms with Crippen LogP contribution in [0, 0.1) is 5.92 Å². The van der Waals surface area contributed by atoms with E-state index in [1.807, 2.05) is 0 Å². The fourth-order valence-corrected chi connectivity index (χ4v) is 2.83. The number of hydrogen-bond acceptors (Lipinski definition) is 1. The summed E-state index contributed by atoms with van der Waals surface area (Å²) in [6.45, 7) is 6.90. The van der Waals surface area contributed by atoms with Gasteiger partial charge in [0.1, 0.15) is 0 Å². The van der Waals surface area contributed by atoms with Gasteiger partial charge in [-0.15, -0.1) is 0 Å². The maximum absolute atomic E-state index is 3.44. The van der Waals surface area contributed by atoms with E-state index >= 15 is 0 Å². The van der Waals surface area contributed by atoms with Gasteiger partial charge in [0.25, 0.3) is 0 Å². The average Bonchev–Trinajstić information content (AvgIpc) is 2.33. The molecule has 1 heterocycles. The van der Waals surface area contributed by atoms with Crippen LogP contribution in [0.25, 0.3) is 0 Å². The fraction of sp³-hybridized carbons (Fsp3) is 0.600. The summed E-state index contributed by atoms with van der Waals surface area (Å²) in [4.78, 5) is 0. The van der Waals surface area contributed by atoms with Crippen LogP contribution in [0.4, 0.5) is 0 Å². The molecule has 0 spiro atoms. The summed E-state index contributed by atoms with van der Waals surface area (Å²) in [5.41, 5.74) is 4.71. The first-order valence-corrected chi connectivity index (χ1v) is 6.60. The molecule has 0 aromatic carbocycles. The number of nitrogens with one attached hydrogen (secondary N) is 1. The normalized spacial score (nSPS) is 25.5. The van der Waals surface area contributed by atoms with E-state index in [1.165, 1.54) is 25.9 Å². The Morgan fingerprint density at radius 3 is 2.81 bits per heavy atom. The molecule has 1 aliphatic carbocycles. The zero-order valence-electron chi connectivity index (χ0n) is 10.6. The smallest absolute Gasteiger partial charge is 0.00431 e. The van der Waals surface area contributed by atoms with Gasteiger partial charge >= 0.3 is 0 Å². The third-order valence-corrected chi connectivity index (χ3v) is 3.78. The first-order valence-electron chi connectivity index (χ1n) is 6.60. The Balaban J connectivity index is 2.20. The van der Waals surface area contributed by atoms with Gasteiger partial charge in [0, 0.05) is 0 Å². The second-order valence-corrected chi connectivity index (χ2v) is 4.85. The number of piperidine rings is 1. The lowest BCUT2D eigenvalue weighted by atomic mass is 9.81. The van der Waals surface area contributed by atoms with E-state index < -0.39 is 0 Å². The summed E-state index contributed by atoms with van der Waals surface area (Å²) in [5.74, 6) is 0.790. The van der Waals surface area contributed by atoms with E-state index in [0.717, 1.165) is 18.8 Å². The van der Waals surface area contributed by atoms with Crippen molar-refractivity contribution in [1.82, 2.24) is 5.32 Å². The minimum absolute atomic E-state index is 0.790. The minimum atomic E-state index is 0.790.